The summed E-state index contributed by atoms with van der Waals surface area (Å²) >= 11 is 0. The highest BCUT2D eigenvalue weighted by Gasteiger charge is 2.30. The van der Waals surface area contributed by atoms with E-state index in [4.69, 9.17) is 5.73 Å². The Morgan fingerprint density at radius 3 is 2.33 bits per heavy atom. The van der Waals surface area contributed by atoms with Crippen LogP contribution in [0.4, 0.5) is 19.0 Å². The van der Waals surface area contributed by atoms with Gasteiger partial charge in [0.05, 0.1) is 5.56 Å². The van der Waals surface area contributed by atoms with Crippen molar-refractivity contribution >= 4 is 11.7 Å². The maximum atomic E-state index is 12.9. The van der Waals surface area contributed by atoms with Crippen LogP contribution in [0.5, 0.6) is 0 Å². The van der Waals surface area contributed by atoms with Gasteiger partial charge >= 0.3 is 6.18 Å². The van der Waals surface area contributed by atoms with Crippen molar-refractivity contribution in [1.29, 1.82) is 0 Å². The van der Waals surface area contributed by atoms with Crippen molar-refractivity contribution in [3.63, 3.8) is 0 Å². The van der Waals surface area contributed by atoms with Crippen LogP contribution in [-0.2, 0) is 6.18 Å². The molecule has 0 spiro atoms. The Hall–Kier alpha value is -2.57. The quantitative estimate of drug-likeness (QED) is 0.905. The van der Waals surface area contributed by atoms with Crippen LogP contribution >= 0.6 is 0 Å². The number of pyridine rings is 1. The summed E-state index contributed by atoms with van der Waals surface area (Å²) in [7, 11) is 0. The Morgan fingerprint density at radius 2 is 1.79 bits per heavy atom. The SMILES string of the molecule is CCN(CC)c1cc(-c2cccc(C(F)(F)F)c2)cc(C(N)=O)n1. The molecule has 7 heteroatoms. The Morgan fingerprint density at radius 1 is 1.12 bits per heavy atom. The molecule has 0 saturated heterocycles. The molecule has 0 aliphatic carbocycles. The van der Waals surface area contributed by atoms with E-state index in [-0.39, 0.29) is 5.69 Å². The van der Waals surface area contributed by atoms with Crippen LogP contribution in [0.15, 0.2) is 36.4 Å². The van der Waals surface area contributed by atoms with Crippen LogP contribution in [0.1, 0.15) is 29.9 Å². The molecule has 2 rings (SSSR count). The zero-order valence-corrected chi connectivity index (χ0v) is 13.4. The number of anilines is 1. The van der Waals surface area contributed by atoms with Crippen LogP contribution in [0.25, 0.3) is 11.1 Å². The number of halogens is 3. The number of hydrogen-bond donors (Lipinski definition) is 1. The monoisotopic (exact) mass is 337 g/mol. The minimum atomic E-state index is -4.43. The van der Waals surface area contributed by atoms with Crippen LogP contribution in [0, 0.1) is 0 Å². The first kappa shape index (κ1) is 17.8. The molecular weight excluding hydrogens is 319 g/mol. The van der Waals surface area contributed by atoms with Gasteiger partial charge in [-0.25, -0.2) is 4.98 Å². The summed E-state index contributed by atoms with van der Waals surface area (Å²) in [4.78, 5) is 17.6. The van der Waals surface area contributed by atoms with Gasteiger partial charge in [0.2, 0.25) is 0 Å². The van der Waals surface area contributed by atoms with E-state index in [0.717, 1.165) is 12.1 Å². The summed E-state index contributed by atoms with van der Waals surface area (Å²) in [5.74, 6) is -0.221. The molecule has 1 aromatic heterocycles. The van der Waals surface area contributed by atoms with Gasteiger partial charge in [0.15, 0.2) is 0 Å². The van der Waals surface area contributed by atoms with Crippen molar-refractivity contribution < 1.29 is 18.0 Å². The molecule has 128 valence electrons. The topological polar surface area (TPSA) is 59.2 Å². The summed E-state index contributed by atoms with van der Waals surface area (Å²) in [6.45, 7) is 5.14. The van der Waals surface area contributed by atoms with Crippen molar-refractivity contribution in [2.45, 2.75) is 20.0 Å². The fraction of sp³-hybridized carbons (Fsp3) is 0.294. The first-order valence-electron chi connectivity index (χ1n) is 7.50. The number of primary amides is 1. The first-order valence-corrected chi connectivity index (χ1v) is 7.50. The smallest absolute Gasteiger partial charge is 0.364 e. The molecule has 0 unspecified atom stereocenters. The summed E-state index contributed by atoms with van der Waals surface area (Å²) in [6.07, 6.45) is -4.43. The lowest BCUT2D eigenvalue weighted by Gasteiger charge is -2.21. The second-order valence-electron chi connectivity index (χ2n) is 5.21. The van der Waals surface area contributed by atoms with E-state index in [1.807, 2.05) is 18.7 Å². The maximum Gasteiger partial charge on any atom is 0.416 e. The minimum Gasteiger partial charge on any atom is -0.364 e. The standard InChI is InChI=1S/C17H18F3N3O/c1-3-23(4-2)15-10-12(9-14(22-15)16(21)24)11-6-5-7-13(8-11)17(18,19)20/h5-10H,3-4H2,1-2H3,(H2,21,24). The molecule has 1 aromatic carbocycles. The van der Waals surface area contributed by atoms with Gasteiger partial charge in [-0.3, -0.25) is 4.79 Å². The molecule has 24 heavy (non-hydrogen) atoms. The zero-order chi connectivity index (χ0) is 17.9. The van der Waals surface area contributed by atoms with Gasteiger partial charge in [-0.05, 0) is 49.2 Å². The summed E-state index contributed by atoms with van der Waals surface area (Å²) in [5.41, 5.74) is 5.40. The third-order valence-corrected chi connectivity index (χ3v) is 3.67. The highest BCUT2D eigenvalue weighted by Crippen LogP contribution is 2.33. The van der Waals surface area contributed by atoms with Gasteiger partial charge < -0.3 is 10.6 Å². The number of benzene rings is 1. The molecule has 0 bridgehead atoms. The third-order valence-electron chi connectivity index (χ3n) is 3.67. The molecule has 2 N–H and O–H groups in total. The van der Waals surface area contributed by atoms with Gasteiger partial charge in [0.1, 0.15) is 11.5 Å². The van der Waals surface area contributed by atoms with Gasteiger partial charge in [-0.15, -0.1) is 0 Å². The Balaban J connectivity index is 2.59. The van der Waals surface area contributed by atoms with Crippen LogP contribution in [0.2, 0.25) is 0 Å². The third kappa shape index (κ3) is 3.84. The summed E-state index contributed by atoms with van der Waals surface area (Å²) in [6, 6.07) is 8.01. The predicted octanol–water partition coefficient (Wildman–Crippen LogP) is 3.71. The van der Waals surface area contributed by atoms with Crippen LogP contribution in [0.3, 0.4) is 0 Å². The molecular formula is C17H18F3N3O. The average molecular weight is 337 g/mol. The molecule has 1 amide bonds. The summed E-state index contributed by atoms with van der Waals surface area (Å²) in [5, 5.41) is 0. The van der Waals surface area contributed by atoms with Crippen LogP contribution < -0.4 is 10.6 Å². The van der Waals surface area contributed by atoms with E-state index < -0.39 is 17.6 Å². The normalized spacial score (nSPS) is 11.4. The molecule has 0 atom stereocenters. The maximum absolute atomic E-state index is 12.9. The molecule has 0 fully saturated rings. The van der Waals surface area contributed by atoms with E-state index in [1.54, 1.807) is 12.1 Å². The van der Waals surface area contributed by atoms with E-state index >= 15 is 0 Å². The molecule has 1 heterocycles. The van der Waals surface area contributed by atoms with Gasteiger partial charge in [-0.2, -0.15) is 13.2 Å². The van der Waals surface area contributed by atoms with E-state index in [9.17, 15) is 18.0 Å². The van der Waals surface area contributed by atoms with Crippen molar-refractivity contribution in [3.8, 4) is 11.1 Å². The largest absolute Gasteiger partial charge is 0.416 e. The predicted molar refractivity (Wildman–Crippen MR) is 86.8 cm³/mol. The molecule has 0 aliphatic heterocycles. The minimum absolute atomic E-state index is 0.0202. The lowest BCUT2D eigenvalue weighted by molar-refractivity contribution is -0.137. The zero-order valence-electron chi connectivity index (χ0n) is 13.4. The number of alkyl halides is 3. The highest BCUT2D eigenvalue weighted by atomic mass is 19.4. The average Bonchev–Trinajstić information content (AvgIpc) is 2.55. The van der Waals surface area contributed by atoms with Gasteiger partial charge in [0.25, 0.3) is 5.91 Å². The Bertz CT molecular complexity index is 740. The van der Waals surface area contributed by atoms with E-state index in [1.165, 1.54) is 12.1 Å². The van der Waals surface area contributed by atoms with Crippen molar-refractivity contribution in [2.24, 2.45) is 5.73 Å². The van der Waals surface area contributed by atoms with Gasteiger partial charge in [-0.1, -0.05) is 12.1 Å². The molecule has 4 nitrogen and oxygen atoms in total. The summed E-state index contributed by atoms with van der Waals surface area (Å²) < 4.78 is 38.7. The molecule has 0 aliphatic rings. The Labute approximate surface area is 138 Å². The number of hydrogen-bond acceptors (Lipinski definition) is 3. The van der Waals surface area contributed by atoms with E-state index in [2.05, 4.69) is 4.98 Å². The second kappa shape index (κ2) is 6.90. The number of nitrogens with zero attached hydrogens (tertiary/aromatic N) is 2. The van der Waals surface area contributed by atoms with Crippen LogP contribution in [-0.4, -0.2) is 24.0 Å². The van der Waals surface area contributed by atoms with Crippen molar-refractivity contribution in [1.82, 2.24) is 4.98 Å². The number of rotatable bonds is 5. The molecule has 2 aromatic rings. The number of carbonyl (C=O) groups excluding carboxylic acids is 1. The lowest BCUT2D eigenvalue weighted by atomic mass is 10.0. The Kier molecular flexibility index (Phi) is 5.11. The number of carbonyl (C=O) groups is 1. The number of nitrogens with two attached hydrogens (primary N) is 1. The first-order chi connectivity index (χ1) is 11.3. The fourth-order valence-electron chi connectivity index (χ4n) is 2.39. The molecule has 0 saturated carbocycles. The van der Waals surface area contributed by atoms with Crippen molar-refractivity contribution in [3.05, 3.63) is 47.7 Å². The van der Waals surface area contributed by atoms with Crippen molar-refractivity contribution in [2.75, 3.05) is 18.0 Å². The second-order valence-corrected chi connectivity index (χ2v) is 5.21. The lowest BCUT2D eigenvalue weighted by Crippen LogP contribution is -2.24. The molecule has 0 radical (unpaired) electrons. The number of aromatic nitrogens is 1. The number of amides is 1. The van der Waals surface area contributed by atoms with Gasteiger partial charge in [0, 0.05) is 13.1 Å². The van der Waals surface area contributed by atoms with E-state index in [0.29, 0.717) is 30.0 Å². The highest BCUT2D eigenvalue weighted by molar-refractivity contribution is 5.92. The fourth-order valence-corrected chi connectivity index (χ4v) is 2.39.